The average Bonchev–Trinajstić information content (AvgIpc) is 3.50. The van der Waals surface area contributed by atoms with Crippen molar-refractivity contribution in [1.82, 2.24) is 4.90 Å². The van der Waals surface area contributed by atoms with Crippen LogP contribution in [0.5, 0.6) is 0 Å². The van der Waals surface area contributed by atoms with E-state index in [1.165, 1.54) is 12.1 Å². The Bertz CT molecular complexity index is 943. The molecule has 0 radical (unpaired) electrons. The van der Waals surface area contributed by atoms with E-state index in [2.05, 4.69) is 10.6 Å². The molecule has 1 atom stereocenters. The van der Waals surface area contributed by atoms with Gasteiger partial charge in [0.25, 0.3) is 0 Å². The third-order valence-electron chi connectivity index (χ3n) is 5.93. The van der Waals surface area contributed by atoms with E-state index < -0.39 is 17.5 Å². The normalized spacial score (nSPS) is 21.6. The summed E-state index contributed by atoms with van der Waals surface area (Å²) in [5, 5.41) is 5.19. The third-order valence-corrected chi connectivity index (χ3v) is 5.93. The first-order chi connectivity index (χ1) is 14.8. The summed E-state index contributed by atoms with van der Waals surface area (Å²) in [5.41, 5.74) is -0.736. The highest BCUT2D eigenvalue weighted by Gasteiger charge is 2.62. The molecule has 1 saturated heterocycles. The van der Waals surface area contributed by atoms with Gasteiger partial charge in [-0.15, -0.1) is 0 Å². The van der Waals surface area contributed by atoms with Gasteiger partial charge in [-0.1, -0.05) is 30.3 Å². The molecule has 5 nitrogen and oxygen atoms in total. The molecule has 2 amide bonds. The van der Waals surface area contributed by atoms with Crippen LogP contribution in [0.1, 0.15) is 24.8 Å². The Labute approximate surface area is 178 Å². The minimum Gasteiger partial charge on any atom is -0.326 e. The van der Waals surface area contributed by atoms with Gasteiger partial charge in [-0.3, -0.25) is 14.5 Å². The lowest BCUT2D eigenvalue weighted by Crippen LogP contribution is -2.49. The van der Waals surface area contributed by atoms with Gasteiger partial charge >= 0.3 is 6.18 Å². The minimum atomic E-state index is -4.67. The van der Waals surface area contributed by atoms with Gasteiger partial charge in [0.15, 0.2) is 5.41 Å². The summed E-state index contributed by atoms with van der Waals surface area (Å²) < 4.78 is 42.1. The lowest BCUT2D eigenvalue weighted by molar-refractivity contribution is -0.215. The number of carbonyl (C=O) groups is 2. The highest BCUT2D eigenvalue weighted by Crippen LogP contribution is 2.46. The zero-order valence-electron chi connectivity index (χ0n) is 16.9. The van der Waals surface area contributed by atoms with E-state index in [0.717, 1.165) is 18.4 Å². The second kappa shape index (κ2) is 8.34. The number of alkyl halides is 3. The smallest absolute Gasteiger partial charge is 0.326 e. The van der Waals surface area contributed by atoms with Crippen LogP contribution < -0.4 is 10.6 Å². The second-order valence-electron chi connectivity index (χ2n) is 8.32. The van der Waals surface area contributed by atoms with Crippen molar-refractivity contribution in [3.8, 4) is 0 Å². The number of carbonyl (C=O) groups excluding carboxylic acids is 2. The number of nitrogens with zero attached hydrogens (tertiary/aromatic N) is 1. The molecule has 0 aromatic heterocycles. The SMILES string of the molecule is O=C(Nc1ccc(NC(=O)C2(C(F)(F)F)CCN(Cc3ccccc3)C2)cc1)C1CC1. The maximum atomic E-state index is 14.0. The van der Waals surface area contributed by atoms with Crippen LogP contribution in [0, 0.1) is 11.3 Å². The van der Waals surface area contributed by atoms with Crippen LogP contribution in [0.4, 0.5) is 24.5 Å². The van der Waals surface area contributed by atoms with Gasteiger partial charge in [-0.05, 0) is 55.6 Å². The number of anilines is 2. The van der Waals surface area contributed by atoms with Crippen molar-refractivity contribution in [3.63, 3.8) is 0 Å². The molecule has 1 aliphatic heterocycles. The van der Waals surface area contributed by atoms with Gasteiger partial charge in [0.1, 0.15) is 0 Å². The Kier molecular flexibility index (Phi) is 5.75. The monoisotopic (exact) mass is 431 g/mol. The van der Waals surface area contributed by atoms with Crippen LogP contribution >= 0.6 is 0 Å². The first-order valence-electron chi connectivity index (χ1n) is 10.3. The summed E-state index contributed by atoms with van der Waals surface area (Å²) in [6.45, 7) is 0.169. The van der Waals surface area contributed by atoms with E-state index in [0.29, 0.717) is 12.2 Å². The van der Waals surface area contributed by atoms with Crippen molar-refractivity contribution >= 4 is 23.2 Å². The van der Waals surface area contributed by atoms with Crippen molar-refractivity contribution in [3.05, 3.63) is 60.2 Å². The fraction of sp³-hybridized carbons (Fsp3) is 0.391. The Hall–Kier alpha value is -2.87. The number of nitrogens with one attached hydrogen (secondary N) is 2. The molecule has 4 rings (SSSR count). The number of amides is 2. The molecule has 2 aromatic carbocycles. The van der Waals surface area contributed by atoms with Crippen LogP contribution in [-0.2, 0) is 16.1 Å². The average molecular weight is 431 g/mol. The molecule has 1 saturated carbocycles. The van der Waals surface area contributed by atoms with Gasteiger partial charge in [-0.25, -0.2) is 0 Å². The largest absolute Gasteiger partial charge is 0.404 e. The predicted molar refractivity (Wildman–Crippen MR) is 111 cm³/mol. The van der Waals surface area contributed by atoms with Crippen LogP contribution in [0.2, 0.25) is 0 Å². The molecular weight excluding hydrogens is 407 g/mol. The van der Waals surface area contributed by atoms with E-state index in [1.54, 1.807) is 17.0 Å². The minimum absolute atomic E-state index is 0.0484. The quantitative estimate of drug-likeness (QED) is 0.712. The zero-order valence-corrected chi connectivity index (χ0v) is 16.9. The molecule has 164 valence electrons. The highest BCUT2D eigenvalue weighted by molar-refractivity contribution is 5.97. The Morgan fingerprint density at radius 3 is 2.16 bits per heavy atom. The second-order valence-corrected chi connectivity index (χ2v) is 8.32. The first kappa shape index (κ1) is 21.4. The van der Waals surface area contributed by atoms with Crippen LogP contribution in [-0.4, -0.2) is 36.0 Å². The summed E-state index contributed by atoms with van der Waals surface area (Å²) >= 11 is 0. The molecule has 0 bridgehead atoms. The highest BCUT2D eigenvalue weighted by atomic mass is 19.4. The van der Waals surface area contributed by atoms with Gasteiger partial charge in [0.05, 0.1) is 0 Å². The first-order valence-corrected chi connectivity index (χ1v) is 10.3. The Balaban J connectivity index is 1.43. The lowest BCUT2D eigenvalue weighted by atomic mass is 9.85. The molecular formula is C23H24F3N3O2. The molecule has 1 unspecified atom stereocenters. The summed E-state index contributed by atoms with van der Waals surface area (Å²) in [4.78, 5) is 26.3. The topological polar surface area (TPSA) is 61.4 Å². The van der Waals surface area contributed by atoms with Crippen LogP contribution in [0.15, 0.2) is 54.6 Å². The van der Waals surface area contributed by atoms with Crippen LogP contribution in [0.3, 0.4) is 0 Å². The summed E-state index contributed by atoms with van der Waals surface area (Å²) in [7, 11) is 0. The standard InChI is InChI=1S/C23H24F3N3O2/c24-23(25,26)22(12-13-29(15-22)14-16-4-2-1-3-5-16)21(31)28-19-10-8-18(9-11-19)27-20(30)17-6-7-17/h1-5,8-11,17H,6-7,12-15H2,(H,27,30)(H,28,31). The molecule has 31 heavy (non-hydrogen) atoms. The van der Waals surface area contributed by atoms with E-state index in [4.69, 9.17) is 0 Å². The maximum Gasteiger partial charge on any atom is 0.404 e. The van der Waals surface area contributed by atoms with Crippen molar-refractivity contribution in [1.29, 1.82) is 0 Å². The van der Waals surface area contributed by atoms with Crippen molar-refractivity contribution in [2.24, 2.45) is 11.3 Å². The van der Waals surface area contributed by atoms with E-state index in [1.807, 2.05) is 30.3 Å². The van der Waals surface area contributed by atoms with Crippen LogP contribution in [0.25, 0.3) is 0 Å². The summed E-state index contributed by atoms with van der Waals surface area (Å²) in [6.07, 6.45) is -3.20. The van der Waals surface area contributed by atoms with E-state index >= 15 is 0 Å². The number of hydrogen-bond acceptors (Lipinski definition) is 3. The molecule has 2 aromatic rings. The molecule has 1 heterocycles. The molecule has 2 aliphatic rings. The van der Waals surface area contributed by atoms with Crippen molar-refractivity contribution in [2.45, 2.75) is 32.0 Å². The van der Waals surface area contributed by atoms with E-state index in [-0.39, 0.29) is 37.0 Å². The Morgan fingerprint density at radius 1 is 0.968 bits per heavy atom. The Morgan fingerprint density at radius 2 is 1.58 bits per heavy atom. The molecule has 2 N–H and O–H groups in total. The number of benzene rings is 2. The molecule has 0 spiro atoms. The van der Waals surface area contributed by atoms with E-state index in [9.17, 15) is 22.8 Å². The lowest BCUT2D eigenvalue weighted by Gasteiger charge is -2.30. The number of likely N-dealkylation sites (tertiary alicyclic amines) is 1. The predicted octanol–water partition coefficient (Wildman–Crippen LogP) is 4.43. The van der Waals surface area contributed by atoms with Crippen molar-refractivity contribution in [2.75, 3.05) is 23.7 Å². The number of hydrogen-bond donors (Lipinski definition) is 2. The summed E-state index contributed by atoms with van der Waals surface area (Å²) in [5.74, 6) is -1.06. The van der Waals surface area contributed by atoms with Gasteiger partial charge in [0.2, 0.25) is 11.8 Å². The third kappa shape index (κ3) is 4.74. The molecule has 1 aliphatic carbocycles. The zero-order chi connectivity index (χ0) is 22.1. The molecule has 2 fully saturated rings. The molecule has 8 heteroatoms. The fourth-order valence-corrected chi connectivity index (χ4v) is 3.89. The fourth-order valence-electron chi connectivity index (χ4n) is 3.89. The number of rotatable bonds is 6. The van der Waals surface area contributed by atoms with Gasteiger partial charge < -0.3 is 10.6 Å². The summed E-state index contributed by atoms with van der Waals surface area (Å²) in [6, 6.07) is 15.4. The maximum absolute atomic E-state index is 14.0. The van der Waals surface area contributed by atoms with Gasteiger partial charge in [-0.2, -0.15) is 13.2 Å². The number of halogens is 3. The van der Waals surface area contributed by atoms with Crippen molar-refractivity contribution < 1.29 is 22.8 Å². The van der Waals surface area contributed by atoms with Gasteiger partial charge in [0, 0.05) is 30.4 Å².